The van der Waals surface area contributed by atoms with Gasteiger partial charge in [0.2, 0.25) is 0 Å². The first-order valence-electron chi connectivity index (χ1n) is 6.26. The third-order valence-electron chi connectivity index (χ3n) is 3.56. The maximum absolute atomic E-state index is 13.3. The molecule has 0 aromatic heterocycles. The van der Waals surface area contributed by atoms with Crippen LogP contribution >= 0.6 is 0 Å². The maximum atomic E-state index is 13.3. The minimum atomic E-state index is -0.997. The van der Waals surface area contributed by atoms with Crippen LogP contribution in [0.2, 0.25) is 0 Å². The summed E-state index contributed by atoms with van der Waals surface area (Å²) in [7, 11) is 0. The molecule has 2 rings (SSSR count). The number of nitro benzene ring substituents is 1. The van der Waals surface area contributed by atoms with Gasteiger partial charge >= 0.3 is 5.97 Å². The second-order valence-electron chi connectivity index (χ2n) is 5.09. The van der Waals surface area contributed by atoms with Crippen molar-refractivity contribution in [2.75, 3.05) is 13.1 Å². The summed E-state index contributed by atoms with van der Waals surface area (Å²) < 4.78 is 13.3. The lowest BCUT2D eigenvalue weighted by Gasteiger charge is -2.15. The maximum Gasteiger partial charge on any atom is 0.308 e. The van der Waals surface area contributed by atoms with Crippen LogP contribution in [0.4, 0.5) is 10.1 Å². The number of benzene rings is 1. The van der Waals surface area contributed by atoms with Gasteiger partial charge < -0.3 is 10.0 Å². The van der Waals surface area contributed by atoms with E-state index in [0.29, 0.717) is 0 Å². The predicted octanol–water partition coefficient (Wildman–Crippen LogP) is 1.53. The van der Waals surface area contributed by atoms with Gasteiger partial charge in [-0.1, -0.05) is 6.92 Å². The number of nitrogens with zero attached hydrogens (tertiary/aromatic N) is 2. The molecule has 1 fully saturated rings. The zero-order valence-corrected chi connectivity index (χ0v) is 11.2. The summed E-state index contributed by atoms with van der Waals surface area (Å²) in [4.78, 5) is 34.4. The van der Waals surface area contributed by atoms with Crippen LogP contribution in [0.1, 0.15) is 17.3 Å². The van der Waals surface area contributed by atoms with Crippen molar-refractivity contribution in [1.29, 1.82) is 0 Å². The zero-order valence-electron chi connectivity index (χ0n) is 11.2. The molecule has 0 aliphatic carbocycles. The molecule has 1 heterocycles. The van der Waals surface area contributed by atoms with E-state index >= 15 is 0 Å². The van der Waals surface area contributed by atoms with Crippen molar-refractivity contribution < 1.29 is 24.0 Å². The number of aliphatic carboxylic acids is 1. The second kappa shape index (κ2) is 5.47. The van der Waals surface area contributed by atoms with Gasteiger partial charge in [-0.05, 0) is 12.0 Å². The van der Waals surface area contributed by atoms with Crippen molar-refractivity contribution in [3.05, 3.63) is 39.7 Å². The highest BCUT2D eigenvalue weighted by Gasteiger charge is 2.37. The van der Waals surface area contributed by atoms with Crippen LogP contribution in [0.3, 0.4) is 0 Å². The van der Waals surface area contributed by atoms with Gasteiger partial charge in [0, 0.05) is 24.7 Å². The highest BCUT2D eigenvalue weighted by Crippen LogP contribution is 2.26. The fourth-order valence-electron chi connectivity index (χ4n) is 2.44. The monoisotopic (exact) mass is 296 g/mol. The molecular weight excluding hydrogens is 283 g/mol. The molecule has 21 heavy (non-hydrogen) atoms. The van der Waals surface area contributed by atoms with Crippen molar-refractivity contribution in [2.45, 2.75) is 6.92 Å². The van der Waals surface area contributed by atoms with Crippen LogP contribution in [0.25, 0.3) is 0 Å². The summed E-state index contributed by atoms with van der Waals surface area (Å²) >= 11 is 0. The first-order valence-corrected chi connectivity index (χ1v) is 6.26. The Morgan fingerprint density at radius 1 is 1.38 bits per heavy atom. The van der Waals surface area contributed by atoms with E-state index in [1.54, 1.807) is 6.92 Å². The Hall–Kier alpha value is -2.51. The first kappa shape index (κ1) is 14.9. The number of likely N-dealkylation sites (tertiary alicyclic amines) is 1. The number of rotatable bonds is 3. The molecule has 8 heteroatoms. The van der Waals surface area contributed by atoms with Gasteiger partial charge in [0.1, 0.15) is 5.82 Å². The number of carboxylic acid groups (broad SMARTS) is 1. The minimum Gasteiger partial charge on any atom is -0.481 e. The zero-order chi connectivity index (χ0) is 15.7. The van der Waals surface area contributed by atoms with E-state index in [0.717, 1.165) is 18.2 Å². The van der Waals surface area contributed by atoms with E-state index in [-0.39, 0.29) is 24.6 Å². The molecule has 2 unspecified atom stereocenters. The molecule has 1 amide bonds. The summed E-state index contributed by atoms with van der Waals surface area (Å²) in [6.45, 7) is 1.94. The molecule has 1 aliphatic heterocycles. The van der Waals surface area contributed by atoms with Crippen molar-refractivity contribution >= 4 is 17.6 Å². The van der Waals surface area contributed by atoms with Crippen molar-refractivity contribution in [3.63, 3.8) is 0 Å². The van der Waals surface area contributed by atoms with Crippen LogP contribution in [0.15, 0.2) is 18.2 Å². The lowest BCUT2D eigenvalue weighted by Crippen LogP contribution is -2.30. The van der Waals surface area contributed by atoms with Crippen LogP contribution in [0.5, 0.6) is 0 Å². The Balaban J connectivity index is 2.25. The highest BCUT2D eigenvalue weighted by atomic mass is 19.1. The van der Waals surface area contributed by atoms with E-state index < -0.39 is 34.2 Å². The Kier molecular flexibility index (Phi) is 3.88. The van der Waals surface area contributed by atoms with Crippen LogP contribution < -0.4 is 0 Å². The van der Waals surface area contributed by atoms with Gasteiger partial charge in [-0.3, -0.25) is 19.7 Å². The van der Waals surface area contributed by atoms with E-state index in [1.807, 2.05) is 0 Å². The quantitative estimate of drug-likeness (QED) is 0.673. The Bertz CT molecular complexity index is 619. The molecular formula is C13H13FN2O5. The number of amides is 1. The summed E-state index contributed by atoms with van der Waals surface area (Å²) in [6, 6.07) is 2.63. The van der Waals surface area contributed by atoms with E-state index in [4.69, 9.17) is 5.11 Å². The summed E-state index contributed by atoms with van der Waals surface area (Å²) in [5.74, 6) is -3.39. The molecule has 0 bridgehead atoms. The Morgan fingerprint density at radius 3 is 2.57 bits per heavy atom. The third kappa shape index (κ3) is 2.99. The van der Waals surface area contributed by atoms with Crippen molar-refractivity contribution in [3.8, 4) is 0 Å². The smallest absolute Gasteiger partial charge is 0.308 e. The normalized spacial score (nSPS) is 21.3. The topological polar surface area (TPSA) is 101 Å². The number of non-ortho nitro benzene ring substituents is 1. The van der Waals surface area contributed by atoms with Crippen molar-refractivity contribution in [1.82, 2.24) is 4.90 Å². The Morgan fingerprint density at radius 2 is 2.05 bits per heavy atom. The van der Waals surface area contributed by atoms with Gasteiger partial charge in [-0.2, -0.15) is 0 Å². The molecule has 1 aromatic rings. The first-order chi connectivity index (χ1) is 9.79. The SMILES string of the molecule is CC1CN(C(=O)c2cc(F)cc([N+](=O)[O-])c2)CC1C(=O)O. The molecule has 1 aliphatic rings. The average molecular weight is 296 g/mol. The van der Waals surface area contributed by atoms with Crippen molar-refractivity contribution in [2.24, 2.45) is 11.8 Å². The van der Waals surface area contributed by atoms with Gasteiger partial charge in [-0.25, -0.2) is 4.39 Å². The fourth-order valence-corrected chi connectivity index (χ4v) is 2.44. The molecule has 0 radical (unpaired) electrons. The molecule has 0 saturated carbocycles. The average Bonchev–Trinajstić information content (AvgIpc) is 2.79. The standard InChI is InChI=1S/C13H13FN2O5/c1-7-5-15(6-11(7)13(18)19)12(17)8-2-9(14)4-10(3-8)16(20)21/h2-4,7,11H,5-6H2,1H3,(H,18,19). The van der Waals surface area contributed by atoms with Gasteiger partial charge in [0.25, 0.3) is 11.6 Å². The number of carbonyl (C=O) groups excluding carboxylic acids is 1. The van der Waals surface area contributed by atoms with Crippen LogP contribution in [0, 0.1) is 27.8 Å². The molecule has 112 valence electrons. The van der Waals surface area contributed by atoms with Gasteiger partial charge in [0.15, 0.2) is 0 Å². The predicted molar refractivity (Wildman–Crippen MR) is 69.2 cm³/mol. The number of hydrogen-bond donors (Lipinski definition) is 1. The summed E-state index contributed by atoms with van der Waals surface area (Å²) in [5, 5.41) is 19.7. The van der Waals surface area contributed by atoms with E-state index in [1.165, 1.54) is 4.90 Å². The number of carboxylic acids is 1. The third-order valence-corrected chi connectivity index (χ3v) is 3.56. The fraction of sp³-hybridized carbons (Fsp3) is 0.385. The number of carbonyl (C=O) groups is 2. The lowest BCUT2D eigenvalue weighted by molar-refractivity contribution is -0.385. The largest absolute Gasteiger partial charge is 0.481 e. The van der Waals surface area contributed by atoms with Crippen LogP contribution in [-0.4, -0.2) is 39.9 Å². The van der Waals surface area contributed by atoms with Crippen LogP contribution in [-0.2, 0) is 4.79 Å². The Labute approximate surface area is 119 Å². The number of nitro groups is 1. The van der Waals surface area contributed by atoms with E-state index in [9.17, 15) is 24.1 Å². The number of halogens is 1. The molecule has 2 atom stereocenters. The van der Waals surface area contributed by atoms with Gasteiger partial charge in [0.05, 0.1) is 16.9 Å². The highest BCUT2D eigenvalue weighted by molar-refractivity contribution is 5.95. The minimum absolute atomic E-state index is 0.0135. The van der Waals surface area contributed by atoms with Gasteiger partial charge in [-0.15, -0.1) is 0 Å². The number of hydrogen-bond acceptors (Lipinski definition) is 4. The molecule has 1 N–H and O–H groups in total. The second-order valence-corrected chi connectivity index (χ2v) is 5.09. The molecule has 7 nitrogen and oxygen atoms in total. The molecule has 1 aromatic carbocycles. The summed E-state index contributed by atoms with van der Waals surface area (Å²) in [5.41, 5.74) is -0.666. The summed E-state index contributed by atoms with van der Waals surface area (Å²) in [6.07, 6.45) is 0. The van der Waals surface area contributed by atoms with E-state index in [2.05, 4.69) is 0 Å². The lowest BCUT2D eigenvalue weighted by atomic mass is 9.99. The molecule has 0 spiro atoms. The molecule has 1 saturated heterocycles.